The highest BCUT2D eigenvalue weighted by Crippen LogP contribution is 2.60. The summed E-state index contributed by atoms with van der Waals surface area (Å²) in [6.45, 7) is 2.01. The zero-order valence-electron chi connectivity index (χ0n) is 12.1. The van der Waals surface area contributed by atoms with Gasteiger partial charge in [0.15, 0.2) is 5.79 Å². The Balaban J connectivity index is 1.92. The molecule has 2 atom stereocenters. The molecule has 1 fully saturated rings. The third-order valence-corrected chi connectivity index (χ3v) is 5.89. The highest BCUT2D eigenvalue weighted by atomic mass is 16.5. The van der Waals surface area contributed by atoms with Crippen LogP contribution in [0.3, 0.4) is 0 Å². The maximum Gasteiger partial charge on any atom is 0.168 e. The summed E-state index contributed by atoms with van der Waals surface area (Å²) in [5, 5.41) is 32.6. The molecule has 0 bridgehead atoms. The van der Waals surface area contributed by atoms with Crippen LogP contribution in [-0.4, -0.2) is 21.1 Å². The zero-order valence-corrected chi connectivity index (χ0v) is 12.1. The Morgan fingerprint density at radius 2 is 1.90 bits per heavy atom. The molecule has 3 nitrogen and oxygen atoms in total. The van der Waals surface area contributed by atoms with Crippen molar-refractivity contribution < 1.29 is 15.3 Å². The van der Waals surface area contributed by atoms with Crippen molar-refractivity contribution in [2.75, 3.05) is 0 Å². The van der Waals surface area contributed by atoms with Gasteiger partial charge in [-0.3, -0.25) is 0 Å². The minimum absolute atomic E-state index is 0.203. The predicted octanol–water partition coefficient (Wildman–Crippen LogP) is 3.06. The fourth-order valence-electron chi connectivity index (χ4n) is 4.49. The molecule has 0 aromatic heterocycles. The number of aromatic hydroxyl groups is 1. The summed E-state index contributed by atoms with van der Waals surface area (Å²) in [6.07, 6.45) is 2.91. The second-order valence-corrected chi connectivity index (χ2v) is 6.86. The van der Waals surface area contributed by atoms with E-state index in [2.05, 4.69) is 6.07 Å². The van der Waals surface area contributed by atoms with Crippen LogP contribution >= 0.6 is 0 Å². The van der Waals surface area contributed by atoms with Gasteiger partial charge in [-0.2, -0.15) is 0 Å². The number of aryl methyl sites for hydroxylation is 1. The average Bonchev–Trinajstić information content (AvgIpc) is 2.69. The maximum absolute atomic E-state index is 10.3. The van der Waals surface area contributed by atoms with E-state index in [9.17, 15) is 15.3 Å². The van der Waals surface area contributed by atoms with E-state index in [1.165, 1.54) is 16.5 Å². The fourth-order valence-corrected chi connectivity index (χ4v) is 4.49. The van der Waals surface area contributed by atoms with E-state index in [4.69, 9.17) is 0 Å². The van der Waals surface area contributed by atoms with E-state index >= 15 is 0 Å². The van der Waals surface area contributed by atoms with Crippen molar-refractivity contribution in [3.05, 3.63) is 41.5 Å². The van der Waals surface area contributed by atoms with Crippen molar-refractivity contribution in [2.45, 2.75) is 44.3 Å². The third-order valence-electron chi connectivity index (χ3n) is 5.89. The minimum atomic E-state index is -1.56. The van der Waals surface area contributed by atoms with Gasteiger partial charge in [0.2, 0.25) is 0 Å². The number of phenolic OH excluding ortho intramolecular Hbond substituents is 1. The first-order valence-corrected chi connectivity index (χ1v) is 7.62. The van der Waals surface area contributed by atoms with Gasteiger partial charge in [0.05, 0.1) is 0 Å². The van der Waals surface area contributed by atoms with Crippen LogP contribution in [0.5, 0.6) is 5.75 Å². The number of aliphatic hydroxyl groups is 2. The average molecular weight is 284 g/mol. The summed E-state index contributed by atoms with van der Waals surface area (Å²) >= 11 is 0. The number of rotatable bonds is 0. The first-order chi connectivity index (χ1) is 9.92. The molecule has 2 aliphatic carbocycles. The van der Waals surface area contributed by atoms with Crippen LogP contribution in [-0.2, 0) is 6.42 Å². The van der Waals surface area contributed by atoms with E-state index in [-0.39, 0.29) is 11.7 Å². The summed E-state index contributed by atoms with van der Waals surface area (Å²) in [7, 11) is 0. The predicted molar refractivity (Wildman–Crippen MR) is 81.2 cm³/mol. The van der Waals surface area contributed by atoms with Gasteiger partial charge < -0.3 is 15.3 Å². The van der Waals surface area contributed by atoms with E-state index in [0.717, 1.165) is 24.6 Å². The molecular weight excluding hydrogens is 264 g/mol. The lowest BCUT2D eigenvalue weighted by molar-refractivity contribution is -0.227. The largest absolute Gasteiger partial charge is 0.508 e. The van der Waals surface area contributed by atoms with Crippen LogP contribution in [0.4, 0.5) is 0 Å². The lowest BCUT2D eigenvalue weighted by atomic mass is 9.64. The molecule has 2 aliphatic rings. The molecule has 1 saturated carbocycles. The summed E-state index contributed by atoms with van der Waals surface area (Å²) in [5.41, 5.74) is 2.12. The number of phenols is 1. The molecule has 21 heavy (non-hydrogen) atoms. The van der Waals surface area contributed by atoms with Gasteiger partial charge in [0, 0.05) is 11.8 Å². The summed E-state index contributed by atoms with van der Waals surface area (Å²) < 4.78 is 0. The minimum Gasteiger partial charge on any atom is -0.508 e. The topological polar surface area (TPSA) is 60.7 Å². The van der Waals surface area contributed by atoms with Gasteiger partial charge in [-0.1, -0.05) is 25.1 Å². The van der Waals surface area contributed by atoms with Crippen molar-refractivity contribution in [2.24, 2.45) is 5.41 Å². The van der Waals surface area contributed by atoms with E-state index < -0.39 is 11.2 Å². The molecule has 0 aliphatic heterocycles. The highest BCUT2D eigenvalue weighted by Gasteiger charge is 2.57. The van der Waals surface area contributed by atoms with Crippen molar-refractivity contribution in [1.82, 2.24) is 0 Å². The molecule has 110 valence electrons. The zero-order chi connectivity index (χ0) is 14.8. The molecule has 3 N–H and O–H groups in total. The quantitative estimate of drug-likeness (QED) is 0.652. The Bertz CT molecular complexity index is 735. The number of hydrogen-bond acceptors (Lipinski definition) is 3. The summed E-state index contributed by atoms with van der Waals surface area (Å²) in [5.74, 6) is -1.07. The number of benzene rings is 2. The van der Waals surface area contributed by atoms with Gasteiger partial charge >= 0.3 is 0 Å². The fraction of sp³-hybridized carbons (Fsp3) is 0.444. The second kappa shape index (κ2) is 3.99. The van der Waals surface area contributed by atoms with Gasteiger partial charge in [0.25, 0.3) is 0 Å². The summed E-state index contributed by atoms with van der Waals surface area (Å²) in [6, 6.07) is 9.65. The Hall–Kier alpha value is -1.58. The van der Waals surface area contributed by atoms with Gasteiger partial charge in [0.1, 0.15) is 5.75 Å². The third kappa shape index (κ3) is 1.62. The SMILES string of the molecule is C[C@]12CCc3c(ccc4cc(O)ccc34)[C@@H]1CCC2(O)O. The molecule has 0 unspecified atom stereocenters. The number of hydrogen-bond donors (Lipinski definition) is 3. The maximum atomic E-state index is 10.3. The molecule has 2 aromatic carbocycles. The molecule has 4 rings (SSSR count). The molecule has 3 heteroatoms. The molecule has 0 saturated heterocycles. The normalized spacial score (nSPS) is 30.1. The van der Waals surface area contributed by atoms with Crippen LogP contribution in [0.1, 0.15) is 43.2 Å². The van der Waals surface area contributed by atoms with Crippen molar-refractivity contribution in [1.29, 1.82) is 0 Å². The molecule has 0 spiro atoms. The van der Waals surface area contributed by atoms with Crippen LogP contribution in [0.15, 0.2) is 30.3 Å². The first-order valence-electron chi connectivity index (χ1n) is 7.62. The van der Waals surface area contributed by atoms with Gasteiger partial charge in [-0.15, -0.1) is 0 Å². The van der Waals surface area contributed by atoms with Crippen molar-refractivity contribution >= 4 is 10.8 Å². The first kappa shape index (κ1) is 13.1. The molecular formula is C18H20O3. The molecule has 2 aromatic rings. The van der Waals surface area contributed by atoms with Crippen molar-refractivity contribution in [3.8, 4) is 5.75 Å². The van der Waals surface area contributed by atoms with E-state index in [1.807, 2.05) is 19.1 Å². The van der Waals surface area contributed by atoms with Crippen molar-refractivity contribution in [3.63, 3.8) is 0 Å². The molecule has 0 amide bonds. The monoisotopic (exact) mass is 284 g/mol. The lowest BCUT2D eigenvalue weighted by Crippen LogP contribution is -2.46. The van der Waals surface area contributed by atoms with Crippen LogP contribution in [0.25, 0.3) is 10.8 Å². The Labute approximate surface area is 123 Å². The van der Waals surface area contributed by atoms with Crippen LogP contribution in [0.2, 0.25) is 0 Å². The van der Waals surface area contributed by atoms with Crippen LogP contribution < -0.4 is 0 Å². The standard InChI is InChI=1S/C18H20O3/c1-17-8-6-14-13-5-3-12(19)10-11(13)2-4-15(14)16(17)7-9-18(17,20)21/h2-5,10,16,19-21H,6-9H2,1H3/t16-,17-/m0/s1. The van der Waals surface area contributed by atoms with Crippen LogP contribution in [0, 0.1) is 5.41 Å². The Kier molecular flexibility index (Phi) is 2.49. The summed E-state index contributed by atoms with van der Waals surface area (Å²) in [4.78, 5) is 0. The molecule has 0 radical (unpaired) electrons. The smallest absolute Gasteiger partial charge is 0.168 e. The van der Waals surface area contributed by atoms with Gasteiger partial charge in [-0.05, 0) is 59.2 Å². The van der Waals surface area contributed by atoms with E-state index in [0.29, 0.717) is 6.42 Å². The highest BCUT2D eigenvalue weighted by molar-refractivity contribution is 5.88. The second-order valence-electron chi connectivity index (χ2n) is 6.86. The van der Waals surface area contributed by atoms with E-state index in [1.54, 1.807) is 12.1 Å². The van der Waals surface area contributed by atoms with Gasteiger partial charge in [-0.25, -0.2) is 0 Å². The number of fused-ring (bicyclic) bond motifs is 5. The Morgan fingerprint density at radius 1 is 1.10 bits per heavy atom. The Morgan fingerprint density at radius 3 is 2.71 bits per heavy atom. The lowest BCUT2D eigenvalue weighted by Gasteiger charge is -2.43. The molecule has 0 heterocycles.